The largest absolute Gasteiger partial charge is 0.447 e. The molecule has 0 N–H and O–H groups in total. The molecular formula is C19H14N2O3. The quantitative estimate of drug-likeness (QED) is 0.680. The number of nitrogens with zero attached hydrogens (tertiary/aromatic N) is 2. The molecule has 1 heterocycles. The van der Waals surface area contributed by atoms with Gasteiger partial charge in [0.2, 0.25) is 5.89 Å². The lowest BCUT2D eigenvalue weighted by Gasteiger charge is -2.05. The van der Waals surface area contributed by atoms with Crippen molar-refractivity contribution in [1.29, 1.82) is 5.26 Å². The number of carbonyl (C=O) groups excluding carboxylic acids is 1. The maximum atomic E-state index is 12.1. The van der Waals surface area contributed by atoms with Gasteiger partial charge in [0.05, 0.1) is 17.3 Å². The molecule has 0 aliphatic rings. The molecule has 0 atom stereocenters. The zero-order valence-electron chi connectivity index (χ0n) is 13.0. The SMILES string of the molecule is Cc1ccc(-c2cnc(-c3ccccc3C(=O)OCC#N)o2)cc1. The van der Waals surface area contributed by atoms with E-state index in [4.69, 9.17) is 14.4 Å². The molecule has 0 aliphatic carbocycles. The lowest BCUT2D eigenvalue weighted by molar-refractivity contribution is 0.0555. The number of hydrogen-bond donors (Lipinski definition) is 0. The third-order valence-corrected chi connectivity index (χ3v) is 3.49. The van der Waals surface area contributed by atoms with E-state index in [-0.39, 0.29) is 6.61 Å². The molecule has 3 rings (SSSR count). The lowest BCUT2D eigenvalue weighted by atomic mass is 10.1. The van der Waals surface area contributed by atoms with Crippen molar-refractivity contribution in [3.05, 3.63) is 65.9 Å². The van der Waals surface area contributed by atoms with Crippen molar-refractivity contribution in [2.45, 2.75) is 6.92 Å². The van der Waals surface area contributed by atoms with Gasteiger partial charge in [-0.1, -0.05) is 42.0 Å². The summed E-state index contributed by atoms with van der Waals surface area (Å²) in [5, 5.41) is 8.54. The van der Waals surface area contributed by atoms with E-state index in [0.717, 1.165) is 11.1 Å². The van der Waals surface area contributed by atoms with Gasteiger partial charge >= 0.3 is 5.97 Å². The van der Waals surface area contributed by atoms with Crippen LogP contribution in [0.25, 0.3) is 22.8 Å². The monoisotopic (exact) mass is 318 g/mol. The molecule has 24 heavy (non-hydrogen) atoms. The van der Waals surface area contributed by atoms with Crippen molar-refractivity contribution < 1.29 is 13.9 Å². The highest BCUT2D eigenvalue weighted by molar-refractivity contribution is 5.96. The number of benzene rings is 2. The van der Waals surface area contributed by atoms with Crippen LogP contribution in [0.2, 0.25) is 0 Å². The van der Waals surface area contributed by atoms with Crippen LogP contribution in [-0.2, 0) is 4.74 Å². The van der Waals surface area contributed by atoms with Gasteiger partial charge in [-0.15, -0.1) is 0 Å². The third-order valence-electron chi connectivity index (χ3n) is 3.49. The van der Waals surface area contributed by atoms with E-state index >= 15 is 0 Å². The van der Waals surface area contributed by atoms with Crippen LogP contribution in [0.15, 0.2) is 59.1 Å². The Hall–Kier alpha value is -3.39. The van der Waals surface area contributed by atoms with E-state index in [1.807, 2.05) is 31.2 Å². The first-order valence-electron chi connectivity index (χ1n) is 7.35. The second-order valence-electron chi connectivity index (χ2n) is 5.18. The molecule has 0 bridgehead atoms. The van der Waals surface area contributed by atoms with E-state index in [0.29, 0.717) is 22.8 Å². The van der Waals surface area contributed by atoms with Crippen molar-refractivity contribution in [3.63, 3.8) is 0 Å². The summed E-state index contributed by atoms with van der Waals surface area (Å²) in [6, 6.07) is 16.5. The van der Waals surface area contributed by atoms with Crippen molar-refractivity contribution >= 4 is 5.97 Å². The number of carbonyl (C=O) groups is 1. The Morgan fingerprint density at radius 3 is 2.71 bits per heavy atom. The molecule has 0 saturated heterocycles. The molecule has 0 aliphatic heterocycles. The van der Waals surface area contributed by atoms with Crippen LogP contribution in [0.4, 0.5) is 0 Å². The van der Waals surface area contributed by atoms with Crippen LogP contribution in [-0.4, -0.2) is 17.6 Å². The van der Waals surface area contributed by atoms with E-state index in [9.17, 15) is 4.79 Å². The minimum Gasteiger partial charge on any atom is -0.447 e. The van der Waals surface area contributed by atoms with Crippen molar-refractivity contribution in [2.75, 3.05) is 6.61 Å². The molecule has 0 unspecified atom stereocenters. The van der Waals surface area contributed by atoms with E-state index in [2.05, 4.69) is 4.98 Å². The van der Waals surface area contributed by atoms with Gasteiger partial charge in [0.1, 0.15) is 6.07 Å². The number of ether oxygens (including phenoxy) is 1. The summed E-state index contributed by atoms with van der Waals surface area (Å²) in [5.74, 6) is 0.363. The second kappa shape index (κ2) is 6.80. The predicted octanol–water partition coefficient (Wildman–Crippen LogP) is 4.00. The van der Waals surface area contributed by atoms with Crippen molar-refractivity contribution in [3.8, 4) is 28.8 Å². The fourth-order valence-electron chi connectivity index (χ4n) is 2.27. The highest BCUT2D eigenvalue weighted by Gasteiger charge is 2.17. The first-order chi connectivity index (χ1) is 11.7. The molecule has 3 aromatic rings. The number of aromatic nitrogens is 1. The van der Waals surface area contributed by atoms with Crippen LogP contribution < -0.4 is 0 Å². The topological polar surface area (TPSA) is 76.1 Å². The van der Waals surface area contributed by atoms with Gasteiger partial charge in [-0.2, -0.15) is 5.26 Å². The Morgan fingerprint density at radius 1 is 1.21 bits per heavy atom. The van der Waals surface area contributed by atoms with Crippen molar-refractivity contribution in [2.24, 2.45) is 0 Å². The first kappa shape index (κ1) is 15.5. The zero-order chi connectivity index (χ0) is 16.9. The number of oxazole rings is 1. The minimum absolute atomic E-state index is 0.298. The van der Waals surface area contributed by atoms with Crippen LogP contribution >= 0.6 is 0 Å². The highest BCUT2D eigenvalue weighted by Crippen LogP contribution is 2.28. The predicted molar refractivity (Wildman–Crippen MR) is 88.0 cm³/mol. The Kier molecular flexibility index (Phi) is 4.39. The molecule has 2 aromatic carbocycles. The molecule has 0 amide bonds. The molecular weight excluding hydrogens is 304 g/mol. The van der Waals surface area contributed by atoms with Crippen LogP contribution in [0, 0.1) is 18.3 Å². The smallest absolute Gasteiger partial charge is 0.339 e. The van der Waals surface area contributed by atoms with Gasteiger partial charge in [0, 0.05) is 5.56 Å². The standard InChI is InChI=1S/C19H14N2O3/c1-13-6-8-14(9-7-13)17-12-21-18(24-17)15-4-2-3-5-16(15)19(22)23-11-10-20/h2-9,12H,11H2,1H3. The van der Waals surface area contributed by atoms with Gasteiger partial charge < -0.3 is 9.15 Å². The Balaban J connectivity index is 1.95. The lowest BCUT2D eigenvalue weighted by Crippen LogP contribution is -2.06. The van der Waals surface area contributed by atoms with Crippen LogP contribution in [0.5, 0.6) is 0 Å². The van der Waals surface area contributed by atoms with Gasteiger partial charge in [0.15, 0.2) is 12.4 Å². The first-order valence-corrected chi connectivity index (χ1v) is 7.35. The molecule has 5 heteroatoms. The molecule has 0 fully saturated rings. The fraction of sp³-hybridized carbons (Fsp3) is 0.105. The molecule has 118 valence electrons. The van der Waals surface area contributed by atoms with Crippen LogP contribution in [0.3, 0.4) is 0 Å². The summed E-state index contributed by atoms with van der Waals surface area (Å²) >= 11 is 0. The summed E-state index contributed by atoms with van der Waals surface area (Å²) in [4.78, 5) is 16.3. The highest BCUT2D eigenvalue weighted by atomic mass is 16.5. The van der Waals surface area contributed by atoms with Gasteiger partial charge in [-0.25, -0.2) is 9.78 Å². The normalized spacial score (nSPS) is 10.2. The van der Waals surface area contributed by atoms with Gasteiger partial charge in [-0.3, -0.25) is 0 Å². The number of nitriles is 1. The van der Waals surface area contributed by atoms with E-state index in [1.165, 1.54) is 0 Å². The van der Waals surface area contributed by atoms with E-state index < -0.39 is 5.97 Å². The third kappa shape index (κ3) is 3.18. The Bertz CT molecular complexity index is 905. The second-order valence-corrected chi connectivity index (χ2v) is 5.18. The average Bonchev–Trinajstić information content (AvgIpc) is 3.10. The Morgan fingerprint density at radius 2 is 1.96 bits per heavy atom. The summed E-state index contributed by atoms with van der Waals surface area (Å²) in [6.45, 7) is 1.71. The number of aryl methyl sites for hydroxylation is 1. The Labute approximate surface area is 139 Å². The van der Waals surface area contributed by atoms with Crippen LogP contribution in [0.1, 0.15) is 15.9 Å². The fourth-order valence-corrected chi connectivity index (χ4v) is 2.27. The molecule has 0 spiro atoms. The minimum atomic E-state index is -0.581. The summed E-state index contributed by atoms with van der Waals surface area (Å²) < 4.78 is 10.7. The summed E-state index contributed by atoms with van der Waals surface area (Å²) in [6.07, 6.45) is 1.62. The number of esters is 1. The van der Waals surface area contributed by atoms with Gasteiger partial charge in [0.25, 0.3) is 0 Å². The summed E-state index contributed by atoms with van der Waals surface area (Å²) in [5.41, 5.74) is 2.90. The summed E-state index contributed by atoms with van der Waals surface area (Å²) in [7, 11) is 0. The maximum Gasteiger partial charge on any atom is 0.339 e. The maximum absolute atomic E-state index is 12.1. The van der Waals surface area contributed by atoms with E-state index in [1.54, 1.807) is 36.5 Å². The molecule has 0 radical (unpaired) electrons. The number of hydrogen-bond acceptors (Lipinski definition) is 5. The number of rotatable bonds is 4. The van der Waals surface area contributed by atoms with Crippen molar-refractivity contribution in [1.82, 2.24) is 4.98 Å². The molecule has 1 aromatic heterocycles. The molecule has 0 saturated carbocycles. The average molecular weight is 318 g/mol. The molecule has 5 nitrogen and oxygen atoms in total. The van der Waals surface area contributed by atoms with Gasteiger partial charge in [-0.05, 0) is 19.1 Å². The zero-order valence-corrected chi connectivity index (χ0v) is 13.0.